The molecule has 0 saturated carbocycles. The smallest absolute Gasteiger partial charge is 0.345 e. The molecule has 4 aromatic rings. The minimum absolute atomic E-state index is 0.204. The van der Waals surface area contributed by atoms with Crippen LogP contribution in [0.4, 0.5) is 5.69 Å². The van der Waals surface area contributed by atoms with E-state index in [2.05, 4.69) is 15.8 Å². The quantitative estimate of drug-likeness (QED) is 0.115. The maximum Gasteiger partial charge on any atom is 0.345 e. The molecule has 0 aromatic heterocycles. The van der Waals surface area contributed by atoms with Gasteiger partial charge in [-0.2, -0.15) is 5.10 Å². The Labute approximate surface area is 216 Å². The second-order valence-electron chi connectivity index (χ2n) is 7.63. The van der Waals surface area contributed by atoms with Crippen LogP contribution in [0.2, 0.25) is 10.0 Å². The molecule has 9 heteroatoms. The second-order valence-corrected chi connectivity index (χ2v) is 8.45. The summed E-state index contributed by atoms with van der Waals surface area (Å²) >= 11 is 12.2. The molecule has 0 aliphatic rings. The fourth-order valence-corrected chi connectivity index (χ4v) is 3.79. The number of carbonyl (C=O) groups excluding carboxylic acids is 3. The molecule has 0 saturated heterocycles. The molecule has 2 N–H and O–H groups in total. The SMILES string of the molecule is Cc1c(Cl)cccc1NC(=O)C(=O)N/N=C/c1c(OC(=O)c2ccccc2Cl)ccc2ccccc12. The van der Waals surface area contributed by atoms with Gasteiger partial charge in [0, 0.05) is 16.3 Å². The summed E-state index contributed by atoms with van der Waals surface area (Å²) in [6.07, 6.45) is 1.31. The lowest BCUT2D eigenvalue weighted by molar-refractivity contribution is -0.136. The van der Waals surface area contributed by atoms with Crippen molar-refractivity contribution in [3.8, 4) is 5.75 Å². The van der Waals surface area contributed by atoms with Crippen molar-refractivity contribution in [1.29, 1.82) is 0 Å². The van der Waals surface area contributed by atoms with E-state index in [1.807, 2.05) is 24.3 Å². The van der Waals surface area contributed by atoms with Crippen molar-refractivity contribution in [3.05, 3.63) is 106 Å². The van der Waals surface area contributed by atoms with Crippen molar-refractivity contribution in [3.63, 3.8) is 0 Å². The molecule has 0 heterocycles. The molecule has 0 spiro atoms. The van der Waals surface area contributed by atoms with Crippen LogP contribution in [0.1, 0.15) is 21.5 Å². The van der Waals surface area contributed by atoms with Crippen LogP contribution in [0.25, 0.3) is 10.8 Å². The number of hydrogen-bond donors (Lipinski definition) is 2. The van der Waals surface area contributed by atoms with Crippen molar-refractivity contribution >= 4 is 63.7 Å². The zero-order valence-corrected chi connectivity index (χ0v) is 20.4. The lowest BCUT2D eigenvalue weighted by Crippen LogP contribution is -2.32. The molecular weight excluding hydrogens is 501 g/mol. The molecule has 7 nitrogen and oxygen atoms in total. The van der Waals surface area contributed by atoms with E-state index in [0.29, 0.717) is 21.8 Å². The highest BCUT2D eigenvalue weighted by Crippen LogP contribution is 2.28. The highest BCUT2D eigenvalue weighted by atomic mass is 35.5. The van der Waals surface area contributed by atoms with Crippen LogP contribution in [-0.4, -0.2) is 24.0 Å². The standard InChI is InChI=1S/C27H19Cl2N3O4/c1-16-21(28)11-6-12-23(16)31-25(33)26(34)32-30-15-20-18-8-3-2-7-17(18)13-14-24(20)36-27(35)19-9-4-5-10-22(19)29/h2-15H,1H3,(H,31,33)(H,32,34)/b30-15+. The topological polar surface area (TPSA) is 96.9 Å². The van der Waals surface area contributed by atoms with Gasteiger partial charge in [-0.3, -0.25) is 9.59 Å². The number of fused-ring (bicyclic) bond motifs is 1. The summed E-state index contributed by atoms with van der Waals surface area (Å²) in [7, 11) is 0. The first-order valence-electron chi connectivity index (χ1n) is 10.7. The van der Waals surface area contributed by atoms with Crippen molar-refractivity contribution in [2.24, 2.45) is 5.10 Å². The lowest BCUT2D eigenvalue weighted by Gasteiger charge is -2.11. The summed E-state index contributed by atoms with van der Waals surface area (Å²) in [6, 6.07) is 22.3. The van der Waals surface area contributed by atoms with E-state index in [4.69, 9.17) is 27.9 Å². The first kappa shape index (κ1) is 24.9. The third-order valence-electron chi connectivity index (χ3n) is 5.31. The highest BCUT2D eigenvalue weighted by Gasteiger charge is 2.17. The number of hydrogen-bond acceptors (Lipinski definition) is 5. The van der Waals surface area contributed by atoms with E-state index >= 15 is 0 Å². The number of rotatable bonds is 5. The zero-order chi connectivity index (χ0) is 25.7. The molecular formula is C27H19Cl2N3O4. The largest absolute Gasteiger partial charge is 0.422 e. The number of ether oxygens (including phenoxy) is 1. The predicted molar refractivity (Wildman–Crippen MR) is 141 cm³/mol. The third-order valence-corrected chi connectivity index (χ3v) is 6.05. The van der Waals surface area contributed by atoms with E-state index in [1.54, 1.807) is 61.5 Å². The number of hydrazone groups is 1. The number of esters is 1. The Hall–Kier alpha value is -4.20. The molecule has 0 bridgehead atoms. The molecule has 0 aliphatic heterocycles. The third kappa shape index (κ3) is 5.54. The van der Waals surface area contributed by atoms with Crippen molar-refractivity contribution in [2.45, 2.75) is 6.92 Å². The summed E-state index contributed by atoms with van der Waals surface area (Å²) in [6.45, 7) is 1.72. The predicted octanol–water partition coefficient (Wildman–Crippen LogP) is 5.76. The number of nitrogens with zero attached hydrogens (tertiary/aromatic N) is 1. The molecule has 0 unspecified atom stereocenters. The van der Waals surface area contributed by atoms with Gasteiger partial charge in [0.05, 0.1) is 16.8 Å². The molecule has 4 aromatic carbocycles. The van der Waals surface area contributed by atoms with Gasteiger partial charge in [0.25, 0.3) is 0 Å². The molecule has 180 valence electrons. The van der Waals surface area contributed by atoms with Crippen LogP contribution in [-0.2, 0) is 9.59 Å². The molecule has 2 amide bonds. The van der Waals surface area contributed by atoms with Crippen LogP contribution in [0, 0.1) is 6.92 Å². The van der Waals surface area contributed by atoms with E-state index < -0.39 is 17.8 Å². The molecule has 0 aliphatic carbocycles. The Morgan fingerprint density at radius 3 is 2.36 bits per heavy atom. The maximum absolute atomic E-state index is 12.7. The summed E-state index contributed by atoms with van der Waals surface area (Å²) in [5.41, 5.74) is 3.87. The number of anilines is 1. The van der Waals surface area contributed by atoms with Gasteiger partial charge >= 0.3 is 17.8 Å². The highest BCUT2D eigenvalue weighted by molar-refractivity contribution is 6.40. The van der Waals surface area contributed by atoms with Gasteiger partial charge in [0.2, 0.25) is 0 Å². The van der Waals surface area contributed by atoms with Gasteiger partial charge in [0.1, 0.15) is 5.75 Å². The van der Waals surface area contributed by atoms with Gasteiger partial charge in [-0.15, -0.1) is 0 Å². The molecule has 4 rings (SSSR count). The minimum atomic E-state index is -0.986. The molecule has 0 fully saturated rings. The van der Waals surface area contributed by atoms with E-state index in [-0.39, 0.29) is 16.3 Å². The van der Waals surface area contributed by atoms with E-state index in [1.165, 1.54) is 6.21 Å². The van der Waals surface area contributed by atoms with Crippen LogP contribution >= 0.6 is 23.2 Å². The number of benzene rings is 4. The molecule has 36 heavy (non-hydrogen) atoms. The second kappa shape index (κ2) is 11.0. The Balaban J connectivity index is 1.55. The van der Waals surface area contributed by atoms with Gasteiger partial charge in [0.15, 0.2) is 0 Å². The number of carbonyl (C=O) groups is 3. The normalized spacial score (nSPS) is 10.9. The van der Waals surface area contributed by atoms with Crippen molar-refractivity contribution in [2.75, 3.05) is 5.32 Å². The summed E-state index contributed by atoms with van der Waals surface area (Å²) in [5.74, 6) is -2.34. The Kier molecular flexibility index (Phi) is 7.63. The minimum Gasteiger partial charge on any atom is -0.422 e. The average Bonchev–Trinajstić information content (AvgIpc) is 2.87. The van der Waals surface area contributed by atoms with Gasteiger partial charge < -0.3 is 10.1 Å². The fraction of sp³-hybridized carbons (Fsp3) is 0.0370. The first-order valence-corrected chi connectivity index (χ1v) is 11.5. The number of nitrogens with one attached hydrogen (secondary N) is 2. The number of halogens is 2. The Morgan fingerprint density at radius 1 is 0.833 bits per heavy atom. The zero-order valence-electron chi connectivity index (χ0n) is 18.9. The number of amides is 2. The van der Waals surface area contributed by atoms with Gasteiger partial charge in [-0.1, -0.05) is 71.7 Å². The van der Waals surface area contributed by atoms with Crippen LogP contribution in [0.3, 0.4) is 0 Å². The maximum atomic E-state index is 12.7. The van der Waals surface area contributed by atoms with Gasteiger partial charge in [-0.05, 0) is 53.6 Å². The van der Waals surface area contributed by atoms with E-state index in [0.717, 1.165) is 10.8 Å². The lowest BCUT2D eigenvalue weighted by atomic mass is 10.0. The van der Waals surface area contributed by atoms with Crippen LogP contribution in [0.5, 0.6) is 5.75 Å². The van der Waals surface area contributed by atoms with Crippen molar-refractivity contribution < 1.29 is 19.1 Å². The molecule has 0 atom stereocenters. The monoisotopic (exact) mass is 519 g/mol. The Bertz CT molecular complexity index is 1520. The average molecular weight is 520 g/mol. The fourth-order valence-electron chi connectivity index (χ4n) is 3.41. The molecule has 0 radical (unpaired) electrons. The summed E-state index contributed by atoms with van der Waals surface area (Å²) in [4.78, 5) is 37.4. The van der Waals surface area contributed by atoms with E-state index in [9.17, 15) is 14.4 Å². The van der Waals surface area contributed by atoms with Gasteiger partial charge in [-0.25, -0.2) is 10.2 Å². The van der Waals surface area contributed by atoms with Crippen LogP contribution < -0.4 is 15.5 Å². The summed E-state index contributed by atoms with van der Waals surface area (Å²) in [5, 5.41) is 8.72. The van der Waals surface area contributed by atoms with Crippen molar-refractivity contribution in [1.82, 2.24) is 5.43 Å². The Morgan fingerprint density at radius 2 is 1.56 bits per heavy atom. The van der Waals surface area contributed by atoms with Crippen LogP contribution in [0.15, 0.2) is 84.0 Å². The summed E-state index contributed by atoms with van der Waals surface area (Å²) < 4.78 is 5.61. The first-order chi connectivity index (χ1) is 17.3.